The summed E-state index contributed by atoms with van der Waals surface area (Å²) in [5.41, 5.74) is 0.0340. The maximum Gasteiger partial charge on any atom is 0.573 e. The van der Waals surface area contributed by atoms with Gasteiger partial charge in [0.2, 0.25) is 0 Å². The van der Waals surface area contributed by atoms with Crippen molar-refractivity contribution in [2.45, 2.75) is 25.2 Å². The first kappa shape index (κ1) is 23.9. The molecule has 0 radical (unpaired) electrons. The molecule has 15 heteroatoms. The molecule has 0 bridgehead atoms. The lowest BCUT2D eigenvalue weighted by atomic mass is 10.1. The van der Waals surface area contributed by atoms with E-state index in [-0.39, 0.29) is 16.4 Å². The van der Waals surface area contributed by atoms with Gasteiger partial charge in [-0.2, -0.15) is 13.5 Å². The second kappa shape index (κ2) is 9.42. The number of ether oxygens (including phenoxy) is 2. The number of nitrogens with zero attached hydrogens (tertiary/aromatic N) is 3. The smallest absolute Gasteiger partial charge is 0.406 e. The molecule has 1 fully saturated rings. The molecule has 0 saturated carbocycles. The molecule has 32 heavy (non-hydrogen) atoms. The van der Waals surface area contributed by atoms with Crippen LogP contribution in [0.1, 0.15) is 12.8 Å². The molecule has 2 N–H and O–H groups in total. The Balaban J connectivity index is 1.79. The number of aromatic nitrogens is 2. The van der Waals surface area contributed by atoms with Crippen molar-refractivity contribution in [1.29, 1.82) is 0 Å². The Morgan fingerprint density at radius 1 is 1.31 bits per heavy atom. The number of nitrogens with one attached hydrogen (secondary N) is 2. The highest BCUT2D eigenvalue weighted by Gasteiger charge is 2.34. The minimum atomic E-state index is -4.97. The Morgan fingerprint density at radius 2 is 2.00 bits per heavy atom. The highest BCUT2D eigenvalue weighted by atomic mass is 35.5. The van der Waals surface area contributed by atoms with Gasteiger partial charge in [-0.05, 0) is 25.0 Å². The van der Waals surface area contributed by atoms with Crippen LogP contribution in [0.5, 0.6) is 5.75 Å². The number of aryl methyl sites for hydroxylation is 1. The Bertz CT molecular complexity index is 1070. The molecule has 1 aliphatic heterocycles. The molecule has 0 atom stereocenters. The molecule has 0 aliphatic carbocycles. The van der Waals surface area contributed by atoms with E-state index in [1.165, 1.54) is 17.1 Å². The molecule has 2 aromatic rings. The highest BCUT2D eigenvalue weighted by Crippen LogP contribution is 2.29. The fourth-order valence-corrected chi connectivity index (χ4v) is 4.72. The summed E-state index contributed by atoms with van der Waals surface area (Å²) in [6.45, 7) is 0.682. The van der Waals surface area contributed by atoms with Crippen LogP contribution in [0.15, 0.2) is 30.6 Å². The van der Waals surface area contributed by atoms with E-state index >= 15 is 0 Å². The van der Waals surface area contributed by atoms with E-state index < -0.39 is 34.4 Å². The summed E-state index contributed by atoms with van der Waals surface area (Å²) >= 11 is 5.76. The molecule has 2 amide bonds. The van der Waals surface area contributed by atoms with Gasteiger partial charge in [0.25, 0.3) is 0 Å². The molecule has 1 aromatic carbocycles. The van der Waals surface area contributed by atoms with E-state index in [1.807, 2.05) is 4.72 Å². The summed E-state index contributed by atoms with van der Waals surface area (Å²) in [5.74, 6) is -0.678. The number of carbonyl (C=O) groups is 1. The number of amides is 2. The van der Waals surface area contributed by atoms with E-state index in [0.717, 1.165) is 22.5 Å². The fourth-order valence-electron chi connectivity index (χ4n) is 3.14. The summed E-state index contributed by atoms with van der Waals surface area (Å²) in [6.07, 6.45) is -1.37. The van der Waals surface area contributed by atoms with Crippen LogP contribution in [0.2, 0.25) is 5.02 Å². The molecule has 3 rings (SSSR count). The fraction of sp³-hybridized carbons (Fsp3) is 0.412. The maximum atomic E-state index is 13.0. The van der Waals surface area contributed by atoms with Crippen molar-refractivity contribution in [2.24, 2.45) is 7.05 Å². The predicted molar refractivity (Wildman–Crippen MR) is 109 cm³/mol. The van der Waals surface area contributed by atoms with Crippen molar-refractivity contribution in [3.8, 4) is 5.75 Å². The number of rotatable bonds is 6. The Labute approximate surface area is 186 Å². The minimum Gasteiger partial charge on any atom is -0.406 e. The third-order valence-corrected chi connectivity index (χ3v) is 6.00. The maximum absolute atomic E-state index is 13.0. The van der Waals surface area contributed by atoms with Crippen molar-refractivity contribution < 1.29 is 35.9 Å². The lowest BCUT2D eigenvalue weighted by Crippen LogP contribution is -2.51. The van der Waals surface area contributed by atoms with Crippen molar-refractivity contribution in [3.05, 3.63) is 35.6 Å². The number of alkyl halides is 3. The molecular weight excluding hydrogens is 479 g/mol. The molecule has 10 nitrogen and oxygen atoms in total. The Hall–Kier alpha value is -2.71. The van der Waals surface area contributed by atoms with E-state index in [0.29, 0.717) is 26.1 Å². The van der Waals surface area contributed by atoms with Crippen LogP contribution in [0.25, 0.3) is 0 Å². The predicted octanol–water partition coefficient (Wildman–Crippen LogP) is 3.02. The van der Waals surface area contributed by atoms with Crippen LogP contribution in [0, 0.1) is 0 Å². The molecule has 1 saturated heterocycles. The summed E-state index contributed by atoms with van der Waals surface area (Å²) in [4.78, 5) is 12.4. The molecule has 176 valence electrons. The number of carbonyl (C=O) groups excluding carboxylic acids is 1. The molecular formula is C17H19ClF3N5O5S. The standard InChI is InChI=1S/C17H19ClF3N5O5S/c1-25-10-14(9-22-25)26(13-2-4-30-5-3-13)32(28,29)24-16(27)23-12-6-11(18)7-15(8-12)31-17(19,20)21/h6-10,13H,2-5H2,1H3,(H2,23,24,27). The third-order valence-electron chi connectivity index (χ3n) is 4.31. The zero-order valence-electron chi connectivity index (χ0n) is 16.6. The lowest BCUT2D eigenvalue weighted by Gasteiger charge is -2.33. The Morgan fingerprint density at radius 3 is 2.59 bits per heavy atom. The molecule has 1 aliphatic rings. The Kier molecular flexibility index (Phi) is 7.05. The molecule has 0 unspecified atom stereocenters. The average molecular weight is 498 g/mol. The van der Waals surface area contributed by atoms with Crippen molar-refractivity contribution >= 4 is 39.2 Å². The number of urea groups is 1. The van der Waals surface area contributed by atoms with Gasteiger partial charge in [0.1, 0.15) is 5.75 Å². The van der Waals surface area contributed by atoms with Gasteiger partial charge in [-0.25, -0.2) is 13.8 Å². The first-order valence-corrected chi connectivity index (χ1v) is 11.0. The second-order valence-electron chi connectivity index (χ2n) is 6.80. The van der Waals surface area contributed by atoms with Crippen molar-refractivity contribution in [2.75, 3.05) is 22.8 Å². The van der Waals surface area contributed by atoms with Gasteiger partial charge >= 0.3 is 22.6 Å². The third kappa shape index (κ3) is 6.40. The monoisotopic (exact) mass is 497 g/mol. The normalized spacial score (nSPS) is 15.3. The molecule has 2 heterocycles. The highest BCUT2D eigenvalue weighted by molar-refractivity contribution is 7.91. The van der Waals surface area contributed by atoms with Gasteiger partial charge in [0.05, 0.1) is 17.9 Å². The van der Waals surface area contributed by atoms with Gasteiger partial charge in [-0.3, -0.25) is 4.68 Å². The van der Waals surface area contributed by atoms with Gasteiger partial charge in [-0.1, -0.05) is 11.6 Å². The lowest BCUT2D eigenvalue weighted by molar-refractivity contribution is -0.274. The van der Waals surface area contributed by atoms with E-state index in [2.05, 4.69) is 15.2 Å². The quantitative estimate of drug-likeness (QED) is 0.634. The number of hydrogen-bond acceptors (Lipinski definition) is 6. The topological polar surface area (TPSA) is 115 Å². The first-order chi connectivity index (χ1) is 14.9. The van der Waals surface area contributed by atoms with Crippen LogP contribution >= 0.6 is 11.6 Å². The van der Waals surface area contributed by atoms with Crippen LogP contribution in [-0.2, 0) is 22.0 Å². The van der Waals surface area contributed by atoms with Crippen molar-refractivity contribution in [3.63, 3.8) is 0 Å². The van der Waals surface area contributed by atoms with Crippen molar-refractivity contribution in [1.82, 2.24) is 14.5 Å². The van der Waals surface area contributed by atoms with Crippen LogP contribution in [0.4, 0.5) is 29.3 Å². The van der Waals surface area contributed by atoms with Crippen LogP contribution in [-0.4, -0.2) is 49.8 Å². The summed E-state index contributed by atoms with van der Waals surface area (Å²) < 4.78 is 76.8. The van der Waals surface area contributed by atoms with E-state index in [4.69, 9.17) is 16.3 Å². The van der Waals surface area contributed by atoms with Gasteiger partial charge in [0, 0.05) is 43.2 Å². The van der Waals surface area contributed by atoms with Gasteiger partial charge < -0.3 is 14.8 Å². The number of hydrogen-bond donors (Lipinski definition) is 2. The second-order valence-corrected chi connectivity index (χ2v) is 8.78. The van der Waals surface area contributed by atoms with Crippen LogP contribution < -0.4 is 19.1 Å². The SMILES string of the molecule is Cn1cc(N(C2CCOCC2)S(=O)(=O)NC(=O)Nc2cc(Cl)cc(OC(F)(F)F)c2)cn1. The van der Waals surface area contributed by atoms with Crippen LogP contribution in [0.3, 0.4) is 0 Å². The summed E-state index contributed by atoms with van der Waals surface area (Å²) in [6, 6.07) is 1.18. The number of benzene rings is 1. The summed E-state index contributed by atoms with van der Waals surface area (Å²) in [7, 11) is -2.80. The van der Waals surface area contributed by atoms with E-state index in [9.17, 15) is 26.4 Å². The molecule has 0 spiro atoms. The summed E-state index contributed by atoms with van der Waals surface area (Å²) in [5, 5.41) is 5.96. The number of anilines is 2. The average Bonchev–Trinajstić information content (AvgIpc) is 3.05. The van der Waals surface area contributed by atoms with Gasteiger partial charge in [-0.15, -0.1) is 13.2 Å². The zero-order valence-corrected chi connectivity index (χ0v) is 18.2. The minimum absolute atomic E-state index is 0.163. The van der Waals surface area contributed by atoms with E-state index in [1.54, 1.807) is 7.05 Å². The number of halogens is 4. The molecule has 1 aromatic heterocycles. The largest absolute Gasteiger partial charge is 0.573 e. The zero-order chi connectivity index (χ0) is 23.5. The first-order valence-electron chi connectivity index (χ1n) is 9.19. The van der Waals surface area contributed by atoms with Gasteiger partial charge in [0.15, 0.2) is 0 Å².